The van der Waals surface area contributed by atoms with Gasteiger partial charge in [-0.3, -0.25) is 4.79 Å². The van der Waals surface area contributed by atoms with Crippen molar-refractivity contribution in [3.8, 4) is 5.75 Å². The first kappa shape index (κ1) is 11.2. The summed E-state index contributed by atoms with van der Waals surface area (Å²) in [5.74, 6) is 0.938. The summed E-state index contributed by atoms with van der Waals surface area (Å²) < 4.78 is 5.09. The lowest BCUT2D eigenvalue weighted by Gasteiger charge is -2.12. The Labute approximate surface area is 99.9 Å². The molecule has 0 N–H and O–H groups in total. The Kier molecular flexibility index (Phi) is 3.01. The third-order valence-electron chi connectivity index (χ3n) is 3.02. The number of halogens is 1. The van der Waals surface area contributed by atoms with Crippen LogP contribution in [0, 0.1) is 0 Å². The summed E-state index contributed by atoms with van der Waals surface area (Å²) in [5.41, 5.74) is 1.74. The molecule has 1 fully saturated rings. The van der Waals surface area contributed by atoms with Crippen LogP contribution in [0.1, 0.15) is 24.3 Å². The molecule has 0 spiro atoms. The molecule has 2 nitrogen and oxygen atoms in total. The van der Waals surface area contributed by atoms with Crippen LogP contribution in [0.2, 0.25) is 5.02 Å². The van der Waals surface area contributed by atoms with Gasteiger partial charge in [-0.25, -0.2) is 0 Å². The monoisotopic (exact) mass is 236 g/mol. The van der Waals surface area contributed by atoms with E-state index in [2.05, 4.69) is 6.58 Å². The van der Waals surface area contributed by atoms with Gasteiger partial charge in [-0.05, 0) is 29.7 Å². The number of ether oxygens (including phenoxy) is 1. The van der Waals surface area contributed by atoms with E-state index in [9.17, 15) is 4.79 Å². The molecule has 0 aliphatic heterocycles. The average Bonchev–Trinajstić information content (AvgIpc) is 2.60. The Bertz CT molecular complexity index is 451. The summed E-state index contributed by atoms with van der Waals surface area (Å²) in [6.45, 7) is 3.84. The lowest BCUT2D eigenvalue weighted by atomic mass is 9.94. The summed E-state index contributed by atoms with van der Waals surface area (Å²) in [7, 11) is 1.58. The number of rotatable bonds is 2. The molecule has 16 heavy (non-hydrogen) atoms. The molecule has 0 heterocycles. The Morgan fingerprint density at radius 2 is 2.25 bits per heavy atom. The molecule has 1 saturated carbocycles. The average molecular weight is 237 g/mol. The van der Waals surface area contributed by atoms with Crippen molar-refractivity contribution >= 4 is 17.4 Å². The van der Waals surface area contributed by atoms with Crippen LogP contribution in [0.5, 0.6) is 5.75 Å². The first-order valence-corrected chi connectivity index (χ1v) is 5.56. The minimum atomic E-state index is 0.121. The second-order valence-corrected chi connectivity index (χ2v) is 4.34. The fourth-order valence-electron chi connectivity index (χ4n) is 2.07. The van der Waals surface area contributed by atoms with Crippen molar-refractivity contribution in [2.45, 2.75) is 18.8 Å². The Morgan fingerprint density at radius 1 is 1.50 bits per heavy atom. The molecule has 1 aliphatic carbocycles. The Morgan fingerprint density at radius 3 is 2.75 bits per heavy atom. The number of methoxy groups -OCH3 is 1. The predicted molar refractivity (Wildman–Crippen MR) is 64.1 cm³/mol. The van der Waals surface area contributed by atoms with Gasteiger partial charge >= 0.3 is 0 Å². The Balaban J connectivity index is 2.32. The van der Waals surface area contributed by atoms with Crippen LogP contribution < -0.4 is 4.74 Å². The molecule has 0 bridgehead atoms. The standard InChI is InChI=1S/C13H13ClO2/c1-8-10(4-5-12(8)15)9-3-6-13(16-2)11(14)7-9/h3,6-7,10H,1,4-5H2,2H3. The van der Waals surface area contributed by atoms with Gasteiger partial charge in [-0.1, -0.05) is 24.2 Å². The zero-order valence-electron chi connectivity index (χ0n) is 9.13. The number of hydrogen-bond donors (Lipinski definition) is 0. The number of benzene rings is 1. The van der Waals surface area contributed by atoms with E-state index in [1.807, 2.05) is 18.2 Å². The maximum Gasteiger partial charge on any atom is 0.158 e. The Hall–Kier alpha value is -1.28. The zero-order chi connectivity index (χ0) is 11.7. The maximum absolute atomic E-state index is 11.4. The van der Waals surface area contributed by atoms with E-state index in [0.717, 1.165) is 12.0 Å². The quantitative estimate of drug-likeness (QED) is 0.736. The molecule has 1 aromatic carbocycles. The topological polar surface area (TPSA) is 26.3 Å². The minimum Gasteiger partial charge on any atom is -0.495 e. The van der Waals surface area contributed by atoms with Gasteiger partial charge in [0.15, 0.2) is 5.78 Å². The van der Waals surface area contributed by atoms with E-state index in [4.69, 9.17) is 16.3 Å². The van der Waals surface area contributed by atoms with Crippen LogP contribution >= 0.6 is 11.6 Å². The highest BCUT2D eigenvalue weighted by molar-refractivity contribution is 6.32. The van der Waals surface area contributed by atoms with E-state index in [0.29, 0.717) is 22.8 Å². The summed E-state index contributed by atoms with van der Waals surface area (Å²) in [5, 5.41) is 0.576. The van der Waals surface area contributed by atoms with Gasteiger partial charge in [0.2, 0.25) is 0 Å². The highest BCUT2D eigenvalue weighted by atomic mass is 35.5. The van der Waals surface area contributed by atoms with Crippen molar-refractivity contribution in [3.05, 3.63) is 40.9 Å². The second kappa shape index (κ2) is 4.30. The molecule has 0 amide bonds. The summed E-state index contributed by atoms with van der Waals surface area (Å²) in [6.07, 6.45) is 1.42. The van der Waals surface area contributed by atoms with Gasteiger partial charge in [-0.2, -0.15) is 0 Å². The molecule has 1 atom stereocenters. The normalized spacial score (nSPS) is 20.2. The highest BCUT2D eigenvalue weighted by Crippen LogP contribution is 2.38. The summed E-state index contributed by atoms with van der Waals surface area (Å²) in [4.78, 5) is 11.4. The molecule has 1 aliphatic rings. The van der Waals surface area contributed by atoms with Crippen LogP contribution in [0.15, 0.2) is 30.4 Å². The molecule has 0 aromatic heterocycles. The third kappa shape index (κ3) is 1.85. The van der Waals surface area contributed by atoms with Crippen molar-refractivity contribution in [3.63, 3.8) is 0 Å². The molecule has 1 unspecified atom stereocenters. The van der Waals surface area contributed by atoms with E-state index < -0.39 is 0 Å². The van der Waals surface area contributed by atoms with Gasteiger partial charge < -0.3 is 4.74 Å². The molecule has 0 saturated heterocycles. The van der Waals surface area contributed by atoms with Gasteiger partial charge in [0, 0.05) is 12.3 Å². The number of allylic oxidation sites excluding steroid dienone is 1. The van der Waals surface area contributed by atoms with Gasteiger partial charge in [0.05, 0.1) is 12.1 Å². The van der Waals surface area contributed by atoms with E-state index in [-0.39, 0.29) is 11.7 Å². The van der Waals surface area contributed by atoms with E-state index in [1.165, 1.54) is 0 Å². The number of hydrogen-bond acceptors (Lipinski definition) is 2. The smallest absolute Gasteiger partial charge is 0.158 e. The fraction of sp³-hybridized carbons (Fsp3) is 0.308. The van der Waals surface area contributed by atoms with Crippen molar-refractivity contribution < 1.29 is 9.53 Å². The number of carbonyl (C=O) groups is 1. The molecule has 2 rings (SSSR count). The minimum absolute atomic E-state index is 0.121. The lowest BCUT2D eigenvalue weighted by molar-refractivity contribution is -0.114. The van der Waals surface area contributed by atoms with Crippen molar-refractivity contribution in [2.24, 2.45) is 0 Å². The van der Waals surface area contributed by atoms with Gasteiger partial charge in [0.1, 0.15) is 5.75 Å². The molecular formula is C13H13ClO2. The summed E-state index contributed by atoms with van der Waals surface area (Å²) >= 11 is 6.05. The number of ketones is 1. The van der Waals surface area contributed by atoms with Crippen LogP contribution in [-0.2, 0) is 4.79 Å². The van der Waals surface area contributed by atoms with E-state index in [1.54, 1.807) is 7.11 Å². The van der Waals surface area contributed by atoms with Crippen molar-refractivity contribution in [1.29, 1.82) is 0 Å². The third-order valence-corrected chi connectivity index (χ3v) is 3.31. The van der Waals surface area contributed by atoms with Gasteiger partial charge in [0.25, 0.3) is 0 Å². The summed E-state index contributed by atoms with van der Waals surface area (Å²) in [6, 6.07) is 5.63. The number of Topliss-reactive ketones (excluding diaryl/α,β-unsaturated/α-hetero) is 1. The molecule has 1 aromatic rings. The maximum atomic E-state index is 11.4. The van der Waals surface area contributed by atoms with Crippen LogP contribution in [0.4, 0.5) is 0 Å². The van der Waals surface area contributed by atoms with Crippen molar-refractivity contribution in [1.82, 2.24) is 0 Å². The van der Waals surface area contributed by atoms with Crippen LogP contribution in [0.3, 0.4) is 0 Å². The fourth-order valence-corrected chi connectivity index (χ4v) is 2.34. The molecule has 3 heteroatoms. The van der Waals surface area contributed by atoms with Gasteiger partial charge in [-0.15, -0.1) is 0 Å². The molecule has 84 valence electrons. The second-order valence-electron chi connectivity index (χ2n) is 3.93. The highest BCUT2D eigenvalue weighted by Gasteiger charge is 2.28. The van der Waals surface area contributed by atoms with Crippen LogP contribution in [0.25, 0.3) is 0 Å². The number of carbonyl (C=O) groups excluding carboxylic acids is 1. The van der Waals surface area contributed by atoms with Crippen molar-refractivity contribution in [2.75, 3.05) is 7.11 Å². The SMILES string of the molecule is C=C1C(=O)CCC1c1ccc(OC)c(Cl)c1. The zero-order valence-corrected chi connectivity index (χ0v) is 9.88. The first-order valence-electron chi connectivity index (χ1n) is 5.19. The predicted octanol–water partition coefficient (Wildman–Crippen LogP) is 3.35. The molecular weight excluding hydrogens is 224 g/mol. The lowest BCUT2D eigenvalue weighted by Crippen LogP contribution is -1.99. The van der Waals surface area contributed by atoms with Crippen LogP contribution in [-0.4, -0.2) is 12.9 Å². The largest absolute Gasteiger partial charge is 0.495 e. The molecule has 0 radical (unpaired) electrons. The van der Waals surface area contributed by atoms with E-state index >= 15 is 0 Å². The first-order chi connectivity index (χ1) is 7.63.